The van der Waals surface area contributed by atoms with Gasteiger partial charge in [0.15, 0.2) is 0 Å². The molecule has 3 rings (SSSR count). The number of anilines is 1. The largest absolute Gasteiger partial charge is 0.462 e. The third kappa shape index (κ3) is 4.59. The number of fused-ring (bicyclic) bond motifs is 1. The average molecular weight is 437 g/mol. The first-order valence-corrected chi connectivity index (χ1v) is 10.6. The van der Waals surface area contributed by atoms with Crippen LogP contribution in [0.5, 0.6) is 0 Å². The summed E-state index contributed by atoms with van der Waals surface area (Å²) in [6.45, 7) is 4.33. The highest BCUT2D eigenvalue weighted by molar-refractivity contribution is 7.17. The highest BCUT2D eigenvalue weighted by Gasteiger charge is 2.30. The predicted molar refractivity (Wildman–Crippen MR) is 112 cm³/mol. The zero-order valence-electron chi connectivity index (χ0n) is 16.1. The van der Waals surface area contributed by atoms with Gasteiger partial charge in [-0.2, -0.15) is 0 Å². The minimum absolute atomic E-state index is 0.157. The second-order valence-corrected chi connectivity index (χ2v) is 8.61. The van der Waals surface area contributed by atoms with Crippen molar-refractivity contribution >= 4 is 45.5 Å². The lowest BCUT2D eigenvalue weighted by Gasteiger charge is -2.18. The molecule has 0 saturated heterocycles. The Morgan fingerprint density at radius 1 is 1.41 bits per heavy atom. The second-order valence-electron chi connectivity index (χ2n) is 7.06. The molecule has 0 radical (unpaired) electrons. The van der Waals surface area contributed by atoms with E-state index in [0.717, 1.165) is 29.7 Å². The van der Waals surface area contributed by atoms with Crippen LogP contribution < -0.4 is 5.32 Å². The number of nitro benzene ring substituents is 1. The fraction of sp³-hybridized carbons (Fsp3) is 0.400. The summed E-state index contributed by atoms with van der Waals surface area (Å²) < 4.78 is 5.32. The summed E-state index contributed by atoms with van der Waals surface area (Å²) in [4.78, 5) is 37.2. The number of ether oxygens (including phenoxy) is 1. The van der Waals surface area contributed by atoms with Crippen LogP contribution in [0.1, 0.15) is 57.8 Å². The molecule has 29 heavy (non-hydrogen) atoms. The fourth-order valence-corrected chi connectivity index (χ4v) is 4.91. The Bertz CT molecular complexity index is 972. The fourth-order valence-electron chi connectivity index (χ4n) is 3.34. The number of benzene rings is 1. The summed E-state index contributed by atoms with van der Waals surface area (Å²) in [5.41, 5.74) is 0.764. The number of rotatable bonds is 6. The van der Waals surface area contributed by atoms with E-state index in [2.05, 4.69) is 12.2 Å². The van der Waals surface area contributed by atoms with Gasteiger partial charge in [-0.3, -0.25) is 14.9 Å². The van der Waals surface area contributed by atoms with Gasteiger partial charge in [-0.1, -0.05) is 25.4 Å². The molecule has 154 valence electrons. The third-order valence-corrected chi connectivity index (χ3v) is 6.18. The first-order chi connectivity index (χ1) is 13.8. The molecular weight excluding hydrogens is 416 g/mol. The van der Waals surface area contributed by atoms with Crippen LogP contribution in [0.15, 0.2) is 18.2 Å². The highest BCUT2D eigenvalue weighted by Crippen LogP contribution is 2.40. The van der Waals surface area contributed by atoms with Crippen molar-refractivity contribution in [1.82, 2.24) is 0 Å². The molecule has 1 atom stereocenters. The monoisotopic (exact) mass is 436 g/mol. The van der Waals surface area contributed by atoms with Gasteiger partial charge in [0.25, 0.3) is 11.6 Å². The molecule has 9 heteroatoms. The standard InChI is InChI=1S/C20H21ClN2O5S/c1-3-8-28-20(25)17-13-6-4-11(2)9-16(13)29-19(17)22-18(24)14-10-12(21)5-7-15(14)23(26)27/h5,7,10-11H,3-4,6,8-9H2,1-2H3,(H,22,24)/t11-/m0/s1. The molecule has 0 unspecified atom stereocenters. The van der Waals surface area contributed by atoms with E-state index in [1.807, 2.05) is 6.92 Å². The summed E-state index contributed by atoms with van der Waals surface area (Å²) in [6.07, 6.45) is 3.19. The third-order valence-electron chi connectivity index (χ3n) is 4.78. The molecule has 1 heterocycles. The number of nitrogens with one attached hydrogen (secondary N) is 1. The number of thiophene rings is 1. The minimum atomic E-state index is -0.685. The average Bonchev–Trinajstić information content (AvgIpc) is 3.02. The van der Waals surface area contributed by atoms with Crippen LogP contribution in [0, 0.1) is 16.0 Å². The van der Waals surface area contributed by atoms with Gasteiger partial charge in [0.2, 0.25) is 0 Å². The highest BCUT2D eigenvalue weighted by atomic mass is 35.5. The van der Waals surface area contributed by atoms with Crippen molar-refractivity contribution in [2.75, 3.05) is 11.9 Å². The minimum Gasteiger partial charge on any atom is -0.462 e. The Morgan fingerprint density at radius 2 is 2.17 bits per heavy atom. The Hall–Kier alpha value is -2.45. The van der Waals surface area contributed by atoms with Gasteiger partial charge in [0.05, 0.1) is 17.1 Å². The topological polar surface area (TPSA) is 98.5 Å². The van der Waals surface area contributed by atoms with Crippen LogP contribution in [0.25, 0.3) is 0 Å². The van der Waals surface area contributed by atoms with Crippen LogP contribution in [-0.2, 0) is 17.6 Å². The second kappa shape index (κ2) is 8.92. The van der Waals surface area contributed by atoms with Gasteiger partial charge in [-0.15, -0.1) is 11.3 Å². The van der Waals surface area contributed by atoms with E-state index in [-0.39, 0.29) is 22.9 Å². The van der Waals surface area contributed by atoms with Gasteiger partial charge in [0, 0.05) is 16.0 Å². The summed E-state index contributed by atoms with van der Waals surface area (Å²) >= 11 is 7.27. The summed E-state index contributed by atoms with van der Waals surface area (Å²) in [7, 11) is 0. The molecule has 1 aliphatic carbocycles. The van der Waals surface area contributed by atoms with Crippen LogP contribution in [0.4, 0.5) is 10.7 Å². The lowest BCUT2D eigenvalue weighted by molar-refractivity contribution is -0.385. The van der Waals surface area contributed by atoms with Crippen molar-refractivity contribution in [1.29, 1.82) is 0 Å². The van der Waals surface area contributed by atoms with E-state index < -0.39 is 16.8 Å². The first kappa shape index (κ1) is 21.3. The number of nitrogens with zero attached hydrogens (tertiary/aromatic N) is 1. The predicted octanol–water partition coefficient (Wildman–Crippen LogP) is 5.25. The van der Waals surface area contributed by atoms with Gasteiger partial charge >= 0.3 is 5.97 Å². The maximum absolute atomic E-state index is 12.8. The molecule has 1 aromatic carbocycles. The summed E-state index contributed by atoms with van der Waals surface area (Å²) in [5, 5.41) is 14.6. The van der Waals surface area contributed by atoms with Crippen LogP contribution in [0.2, 0.25) is 5.02 Å². The van der Waals surface area contributed by atoms with Crippen molar-refractivity contribution in [3.05, 3.63) is 54.9 Å². The molecule has 0 spiro atoms. The van der Waals surface area contributed by atoms with Crippen molar-refractivity contribution in [3.63, 3.8) is 0 Å². The van der Waals surface area contributed by atoms with Gasteiger partial charge in [-0.25, -0.2) is 4.79 Å². The zero-order chi connectivity index (χ0) is 21.1. The molecule has 0 saturated carbocycles. The molecule has 0 bridgehead atoms. The van der Waals surface area contributed by atoms with Crippen LogP contribution >= 0.6 is 22.9 Å². The number of hydrogen-bond acceptors (Lipinski definition) is 6. The molecule has 0 aliphatic heterocycles. The number of nitro groups is 1. The Labute approximate surface area is 177 Å². The van der Waals surface area contributed by atoms with Gasteiger partial charge < -0.3 is 10.1 Å². The molecule has 1 amide bonds. The van der Waals surface area contributed by atoms with E-state index in [4.69, 9.17) is 16.3 Å². The summed E-state index contributed by atoms with van der Waals surface area (Å²) in [5.74, 6) is -0.677. The lowest BCUT2D eigenvalue weighted by atomic mass is 9.88. The zero-order valence-corrected chi connectivity index (χ0v) is 17.7. The number of esters is 1. The van der Waals surface area contributed by atoms with Gasteiger partial charge in [0.1, 0.15) is 10.6 Å². The van der Waals surface area contributed by atoms with E-state index in [1.54, 1.807) is 0 Å². The molecule has 7 nitrogen and oxygen atoms in total. The van der Waals surface area contributed by atoms with Crippen molar-refractivity contribution < 1.29 is 19.2 Å². The maximum atomic E-state index is 12.8. The first-order valence-electron chi connectivity index (χ1n) is 9.38. The summed E-state index contributed by atoms with van der Waals surface area (Å²) in [6, 6.07) is 3.80. The van der Waals surface area contributed by atoms with Crippen molar-refractivity contribution in [2.45, 2.75) is 39.5 Å². The normalized spacial score (nSPS) is 15.5. The molecule has 1 aromatic heterocycles. The van der Waals surface area contributed by atoms with E-state index >= 15 is 0 Å². The quantitative estimate of drug-likeness (QED) is 0.378. The molecule has 2 aromatic rings. The maximum Gasteiger partial charge on any atom is 0.341 e. The Kier molecular flexibility index (Phi) is 6.54. The number of amides is 1. The van der Waals surface area contributed by atoms with Crippen LogP contribution in [-0.4, -0.2) is 23.4 Å². The van der Waals surface area contributed by atoms with Crippen LogP contribution in [0.3, 0.4) is 0 Å². The van der Waals surface area contributed by atoms with E-state index in [0.29, 0.717) is 22.9 Å². The SMILES string of the molecule is CCCOC(=O)c1c(NC(=O)c2cc(Cl)ccc2[N+](=O)[O-])sc2c1CC[C@H](C)C2. The van der Waals surface area contributed by atoms with Crippen molar-refractivity contribution in [3.8, 4) is 0 Å². The molecule has 1 aliphatic rings. The molecule has 0 fully saturated rings. The Balaban J connectivity index is 1.99. The number of hydrogen-bond donors (Lipinski definition) is 1. The number of carbonyl (C=O) groups is 2. The Morgan fingerprint density at radius 3 is 2.86 bits per heavy atom. The van der Waals surface area contributed by atoms with E-state index in [9.17, 15) is 19.7 Å². The molecule has 1 N–H and O–H groups in total. The number of halogens is 1. The van der Waals surface area contributed by atoms with Gasteiger partial charge in [-0.05, 0) is 49.3 Å². The number of carbonyl (C=O) groups excluding carboxylic acids is 2. The van der Waals surface area contributed by atoms with Crippen molar-refractivity contribution in [2.24, 2.45) is 5.92 Å². The molecular formula is C20H21ClN2O5S. The van der Waals surface area contributed by atoms with E-state index in [1.165, 1.54) is 29.5 Å². The lowest BCUT2D eigenvalue weighted by Crippen LogP contribution is -2.17. The smallest absolute Gasteiger partial charge is 0.341 e.